The SMILES string of the molecule is Cc1nc(NN)nc(NCCO)c1[N+](=O)[O-]. The molecular formula is C7H12N6O3. The monoisotopic (exact) mass is 228 g/mol. The Morgan fingerprint density at radius 2 is 2.25 bits per heavy atom. The van der Waals surface area contributed by atoms with Gasteiger partial charge in [-0.25, -0.2) is 10.8 Å². The van der Waals surface area contributed by atoms with Crippen LogP contribution < -0.4 is 16.6 Å². The number of hydrazine groups is 1. The maximum absolute atomic E-state index is 10.8. The summed E-state index contributed by atoms with van der Waals surface area (Å²) >= 11 is 0. The molecule has 0 fully saturated rings. The standard InChI is InChI=1S/C7H12N6O3/c1-4-5(13(15)16)6(9-2-3-14)11-7(10-4)12-8/h14H,2-3,8H2,1H3,(H2,9,10,11,12). The Bertz CT molecular complexity index is 396. The van der Waals surface area contributed by atoms with Gasteiger partial charge in [-0.1, -0.05) is 0 Å². The second-order valence-electron chi connectivity index (χ2n) is 2.88. The number of hydrogen-bond donors (Lipinski definition) is 4. The molecule has 1 aromatic heterocycles. The van der Waals surface area contributed by atoms with Gasteiger partial charge in [-0.05, 0) is 6.92 Å². The number of nitro groups is 1. The molecule has 9 nitrogen and oxygen atoms in total. The van der Waals surface area contributed by atoms with E-state index in [1.54, 1.807) is 0 Å². The number of aromatic nitrogens is 2. The van der Waals surface area contributed by atoms with E-state index in [1.807, 2.05) is 0 Å². The number of aliphatic hydroxyl groups excluding tert-OH is 1. The summed E-state index contributed by atoms with van der Waals surface area (Å²) in [5.41, 5.74) is 2.16. The maximum atomic E-state index is 10.8. The Labute approximate surface area is 90.8 Å². The third-order valence-electron chi connectivity index (χ3n) is 1.77. The van der Waals surface area contributed by atoms with Gasteiger partial charge in [0.2, 0.25) is 11.8 Å². The topological polar surface area (TPSA) is 139 Å². The van der Waals surface area contributed by atoms with Crippen LogP contribution in [0.4, 0.5) is 17.5 Å². The molecule has 0 saturated heterocycles. The zero-order valence-electron chi connectivity index (χ0n) is 8.60. The van der Waals surface area contributed by atoms with Crippen molar-refractivity contribution in [1.82, 2.24) is 9.97 Å². The Morgan fingerprint density at radius 1 is 1.56 bits per heavy atom. The van der Waals surface area contributed by atoms with E-state index in [-0.39, 0.29) is 36.3 Å². The van der Waals surface area contributed by atoms with E-state index in [0.717, 1.165) is 0 Å². The second kappa shape index (κ2) is 5.19. The van der Waals surface area contributed by atoms with Crippen molar-refractivity contribution in [2.75, 3.05) is 23.9 Å². The Hall–Kier alpha value is -2.00. The van der Waals surface area contributed by atoms with Gasteiger partial charge >= 0.3 is 5.69 Å². The molecule has 0 atom stereocenters. The highest BCUT2D eigenvalue weighted by atomic mass is 16.6. The van der Waals surface area contributed by atoms with Gasteiger partial charge < -0.3 is 10.4 Å². The molecule has 0 aromatic carbocycles. The van der Waals surface area contributed by atoms with E-state index in [4.69, 9.17) is 10.9 Å². The number of nitrogens with zero attached hydrogens (tertiary/aromatic N) is 3. The third-order valence-corrected chi connectivity index (χ3v) is 1.77. The number of aliphatic hydroxyl groups is 1. The molecule has 0 amide bonds. The van der Waals surface area contributed by atoms with Gasteiger partial charge in [0.05, 0.1) is 11.5 Å². The van der Waals surface area contributed by atoms with E-state index in [9.17, 15) is 10.1 Å². The molecule has 9 heteroatoms. The number of nitrogens with two attached hydrogens (primary N) is 1. The Kier molecular flexibility index (Phi) is 3.91. The lowest BCUT2D eigenvalue weighted by atomic mass is 10.3. The van der Waals surface area contributed by atoms with Crippen LogP contribution >= 0.6 is 0 Å². The lowest BCUT2D eigenvalue weighted by Gasteiger charge is -2.07. The lowest BCUT2D eigenvalue weighted by Crippen LogP contribution is -2.15. The largest absolute Gasteiger partial charge is 0.395 e. The summed E-state index contributed by atoms with van der Waals surface area (Å²) in [7, 11) is 0. The van der Waals surface area contributed by atoms with Gasteiger partial charge in [0.1, 0.15) is 5.69 Å². The highest BCUT2D eigenvalue weighted by molar-refractivity contribution is 5.60. The second-order valence-corrected chi connectivity index (χ2v) is 2.88. The third kappa shape index (κ3) is 2.52. The number of hydrogen-bond acceptors (Lipinski definition) is 8. The van der Waals surface area contributed by atoms with Crippen LogP contribution in [-0.4, -0.2) is 33.1 Å². The molecule has 0 aliphatic heterocycles. The maximum Gasteiger partial charge on any atom is 0.332 e. The van der Waals surface area contributed by atoms with Gasteiger partial charge in [-0.2, -0.15) is 4.98 Å². The van der Waals surface area contributed by atoms with Crippen LogP contribution in [0.2, 0.25) is 0 Å². The van der Waals surface area contributed by atoms with Gasteiger partial charge in [-0.3, -0.25) is 15.5 Å². The molecule has 1 rings (SSSR count). The number of aryl methyl sites for hydroxylation is 1. The van der Waals surface area contributed by atoms with Gasteiger partial charge in [-0.15, -0.1) is 0 Å². The van der Waals surface area contributed by atoms with Crippen LogP contribution in [-0.2, 0) is 0 Å². The lowest BCUT2D eigenvalue weighted by molar-refractivity contribution is -0.385. The van der Waals surface area contributed by atoms with Crippen molar-refractivity contribution in [1.29, 1.82) is 0 Å². The first-order valence-electron chi connectivity index (χ1n) is 4.44. The first-order chi connectivity index (χ1) is 7.60. The van der Waals surface area contributed by atoms with Crippen LogP contribution in [0.15, 0.2) is 0 Å². The van der Waals surface area contributed by atoms with Crippen molar-refractivity contribution < 1.29 is 10.0 Å². The van der Waals surface area contributed by atoms with E-state index in [2.05, 4.69) is 20.7 Å². The normalized spacial score (nSPS) is 9.94. The van der Waals surface area contributed by atoms with Gasteiger partial charge in [0.25, 0.3) is 0 Å². The number of nitrogens with one attached hydrogen (secondary N) is 2. The quantitative estimate of drug-likeness (QED) is 0.297. The van der Waals surface area contributed by atoms with Crippen LogP contribution in [0.3, 0.4) is 0 Å². The Balaban J connectivity index is 3.17. The predicted molar refractivity (Wildman–Crippen MR) is 56.8 cm³/mol. The summed E-state index contributed by atoms with van der Waals surface area (Å²) in [6, 6.07) is 0. The molecule has 88 valence electrons. The smallest absolute Gasteiger partial charge is 0.332 e. The average molecular weight is 228 g/mol. The summed E-state index contributed by atoms with van der Waals surface area (Å²) in [4.78, 5) is 17.8. The van der Waals surface area contributed by atoms with Crippen molar-refractivity contribution in [2.45, 2.75) is 6.92 Å². The fourth-order valence-corrected chi connectivity index (χ4v) is 1.15. The summed E-state index contributed by atoms with van der Waals surface area (Å²) < 4.78 is 0. The molecule has 0 bridgehead atoms. The summed E-state index contributed by atoms with van der Waals surface area (Å²) in [6.07, 6.45) is 0. The van der Waals surface area contributed by atoms with Crippen molar-refractivity contribution in [3.05, 3.63) is 15.8 Å². The minimum atomic E-state index is -0.588. The molecule has 1 heterocycles. The van der Waals surface area contributed by atoms with Crippen molar-refractivity contribution in [2.24, 2.45) is 5.84 Å². The molecule has 0 saturated carbocycles. The summed E-state index contributed by atoms with van der Waals surface area (Å²) in [5, 5.41) is 22.0. The van der Waals surface area contributed by atoms with E-state index in [1.165, 1.54) is 6.92 Å². The van der Waals surface area contributed by atoms with Crippen LogP contribution in [0, 0.1) is 17.0 Å². The first kappa shape index (κ1) is 12.1. The molecule has 0 aliphatic carbocycles. The van der Waals surface area contributed by atoms with Crippen LogP contribution in [0.1, 0.15) is 5.69 Å². The fraction of sp³-hybridized carbons (Fsp3) is 0.429. The van der Waals surface area contributed by atoms with Gasteiger partial charge in [0, 0.05) is 6.54 Å². The minimum Gasteiger partial charge on any atom is -0.395 e. The molecule has 0 aliphatic rings. The molecule has 5 N–H and O–H groups in total. The highest BCUT2D eigenvalue weighted by Gasteiger charge is 2.21. The number of anilines is 2. The Morgan fingerprint density at radius 3 is 2.75 bits per heavy atom. The van der Waals surface area contributed by atoms with E-state index in [0.29, 0.717) is 0 Å². The molecular weight excluding hydrogens is 216 g/mol. The predicted octanol–water partition coefficient (Wildman–Crippen LogP) is -0.617. The number of nitrogen functional groups attached to an aromatic ring is 1. The number of rotatable bonds is 5. The summed E-state index contributed by atoms with van der Waals surface area (Å²) in [6.45, 7) is 1.47. The van der Waals surface area contributed by atoms with E-state index < -0.39 is 4.92 Å². The molecule has 0 unspecified atom stereocenters. The zero-order valence-corrected chi connectivity index (χ0v) is 8.60. The molecule has 0 spiro atoms. The van der Waals surface area contributed by atoms with Crippen LogP contribution in [0.25, 0.3) is 0 Å². The molecule has 0 radical (unpaired) electrons. The summed E-state index contributed by atoms with van der Waals surface area (Å²) in [5.74, 6) is 5.22. The highest BCUT2D eigenvalue weighted by Crippen LogP contribution is 2.25. The minimum absolute atomic E-state index is 0.0273. The average Bonchev–Trinajstić information content (AvgIpc) is 2.24. The fourth-order valence-electron chi connectivity index (χ4n) is 1.15. The van der Waals surface area contributed by atoms with Crippen molar-refractivity contribution in [3.8, 4) is 0 Å². The van der Waals surface area contributed by atoms with Crippen molar-refractivity contribution in [3.63, 3.8) is 0 Å². The first-order valence-corrected chi connectivity index (χ1v) is 4.44. The van der Waals surface area contributed by atoms with Crippen LogP contribution in [0.5, 0.6) is 0 Å². The van der Waals surface area contributed by atoms with Gasteiger partial charge in [0.15, 0.2) is 0 Å². The molecule has 1 aromatic rings. The molecule has 16 heavy (non-hydrogen) atoms. The van der Waals surface area contributed by atoms with Crippen molar-refractivity contribution >= 4 is 17.5 Å². The zero-order chi connectivity index (χ0) is 12.1. The van der Waals surface area contributed by atoms with E-state index >= 15 is 0 Å².